The number of cyclic esters (lactones) is 1. The summed E-state index contributed by atoms with van der Waals surface area (Å²) in [5, 5.41) is 0. The molecular formula is C20H18O5. The van der Waals surface area contributed by atoms with Crippen LogP contribution in [-0.4, -0.2) is 27.3 Å². The lowest BCUT2D eigenvalue weighted by Gasteiger charge is -2.12. The van der Waals surface area contributed by atoms with Gasteiger partial charge in [-0.25, -0.2) is 4.79 Å². The molecule has 0 N–H and O–H groups in total. The lowest BCUT2D eigenvalue weighted by Crippen LogP contribution is -1.98. The summed E-state index contributed by atoms with van der Waals surface area (Å²) in [6.07, 6.45) is 3.45. The van der Waals surface area contributed by atoms with Crippen molar-refractivity contribution in [2.24, 2.45) is 0 Å². The zero-order valence-electron chi connectivity index (χ0n) is 14.2. The van der Waals surface area contributed by atoms with E-state index in [0.717, 1.165) is 11.1 Å². The normalized spacial score (nSPS) is 14.9. The first-order chi connectivity index (χ1) is 12.2. The summed E-state index contributed by atoms with van der Waals surface area (Å²) in [6, 6.07) is 13.0. The van der Waals surface area contributed by atoms with Gasteiger partial charge in [-0.15, -0.1) is 0 Å². The van der Waals surface area contributed by atoms with E-state index in [0.29, 0.717) is 28.6 Å². The number of carbonyl (C=O) groups excluding carboxylic acids is 1. The van der Waals surface area contributed by atoms with Crippen molar-refractivity contribution >= 4 is 17.8 Å². The predicted molar refractivity (Wildman–Crippen MR) is 94.6 cm³/mol. The van der Waals surface area contributed by atoms with E-state index >= 15 is 0 Å². The SMILES string of the molecule is COc1cc(/C=C2\C=C(c3ccccc3)OC2=O)cc(OC)c1OC. The van der Waals surface area contributed by atoms with Crippen LogP contribution < -0.4 is 14.2 Å². The van der Waals surface area contributed by atoms with Crippen molar-refractivity contribution in [2.75, 3.05) is 21.3 Å². The Morgan fingerprint density at radius 1 is 0.920 bits per heavy atom. The summed E-state index contributed by atoms with van der Waals surface area (Å²) in [4.78, 5) is 12.2. The zero-order valence-corrected chi connectivity index (χ0v) is 14.2. The molecule has 2 aromatic carbocycles. The third-order valence-electron chi connectivity index (χ3n) is 3.79. The van der Waals surface area contributed by atoms with Crippen LogP contribution in [0.5, 0.6) is 17.2 Å². The van der Waals surface area contributed by atoms with Crippen molar-refractivity contribution in [3.8, 4) is 17.2 Å². The van der Waals surface area contributed by atoms with E-state index in [1.165, 1.54) is 0 Å². The maximum Gasteiger partial charge on any atom is 0.343 e. The van der Waals surface area contributed by atoms with Gasteiger partial charge in [0.1, 0.15) is 5.76 Å². The number of rotatable bonds is 5. The molecule has 5 heteroatoms. The number of ether oxygens (including phenoxy) is 4. The van der Waals surface area contributed by atoms with E-state index in [1.807, 2.05) is 30.3 Å². The highest BCUT2D eigenvalue weighted by Gasteiger charge is 2.22. The molecule has 0 unspecified atom stereocenters. The fraction of sp³-hybridized carbons (Fsp3) is 0.150. The molecule has 0 amide bonds. The summed E-state index contributed by atoms with van der Waals surface area (Å²) in [5.74, 6) is 1.68. The van der Waals surface area contributed by atoms with E-state index in [-0.39, 0.29) is 0 Å². The smallest absolute Gasteiger partial charge is 0.343 e. The Morgan fingerprint density at radius 3 is 2.12 bits per heavy atom. The molecule has 25 heavy (non-hydrogen) atoms. The van der Waals surface area contributed by atoms with Crippen LogP contribution in [0, 0.1) is 0 Å². The monoisotopic (exact) mass is 338 g/mol. The molecular weight excluding hydrogens is 320 g/mol. The number of benzene rings is 2. The van der Waals surface area contributed by atoms with Crippen molar-refractivity contribution in [3.63, 3.8) is 0 Å². The van der Waals surface area contributed by atoms with Gasteiger partial charge in [0.15, 0.2) is 11.5 Å². The van der Waals surface area contributed by atoms with Gasteiger partial charge in [-0.2, -0.15) is 0 Å². The molecule has 0 saturated carbocycles. The molecule has 0 aliphatic carbocycles. The second-order valence-corrected chi connectivity index (χ2v) is 5.32. The van der Waals surface area contributed by atoms with Gasteiger partial charge in [-0.3, -0.25) is 0 Å². The molecule has 0 saturated heterocycles. The average Bonchev–Trinajstić information content (AvgIpc) is 3.02. The van der Waals surface area contributed by atoms with E-state index in [4.69, 9.17) is 18.9 Å². The summed E-state index contributed by atoms with van der Waals surface area (Å²) in [5.41, 5.74) is 2.05. The molecule has 128 valence electrons. The Kier molecular flexibility index (Phi) is 4.75. The van der Waals surface area contributed by atoms with E-state index in [2.05, 4.69) is 0 Å². The van der Waals surface area contributed by atoms with Gasteiger partial charge in [-0.05, 0) is 29.8 Å². The Bertz CT molecular complexity index is 825. The van der Waals surface area contributed by atoms with Crippen LogP contribution in [0.4, 0.5) is 0 Å². The quantitative estimate of drug-likeness (QED) is 0.615. The van der Waals surface area contributed by atoms with E-state index in [1.54, 1.807) is 45.6 Å². The maximum absolute atomic E-state index is 12.2. The summed E-state index contributed by atoms with van der Waals surface area (Å²) >= 11 is 0. The summed E-state index contributed by atoms with van der Waals surface area (Å²) < 4.78 is 21.3. The highest BCUT2D eigenvalue weighted by molar-refractivity contribution is 6.05. The second-order valence-electron chi connectivity index (χ2n) is 5.32. The number of methoxy groups -OCH3 is 3. The molecule has 0 spiro atoms. The molecule has 1 aliphatic rings. The first-order valence-electron chi connectivity index (χ1n) is 7.67. The van der Waals surface area contributed by atoms with Crippen molar-refractivity contribution in [2.45, 2.75) is 0 Å². The van der Waals surface area contributed by atoms with Gasteiger partial charge in [0.25, 0.3) is 0 Å². The minimum absolute atomic E-state index is 0.396. The third kappa shape index (κ3) is 3.35. The topological polar surface area (TPSA) is 54.0 Å². The van der Waals surface area contributed by atoms with E-state index in [9.17, 15) is 4.79 Å². The predicted octanol–water partition coefficient (Wildman–Crippen LogP) is 3.69. The average molecular weight is 338 g/mol. The highest BCUT2D eigenvalue weighted by atomic mass is 16.5. The fourth-order valence-corrected chi connectivity index (χ4v) is 2.60. The molecule has 0 fully saturated rings. The Labute approximate surface area is 146 Å². The van der Waals surface area contributed by atoms with E-state index < -0.39 is 5.97 Å². The Balaban J connectivity index is 2.00. The minimum atomic E-state index is -0.396. The van der Waals surface area contributed by atoms with Crippen molar-refractivity contribution in [1.29, 1.82) is 0 Å². The highest BCUT2D eigenvalue weighted by Crippen LogP contribution is 2.39. The summed E-state index contributed by atoms with van der Waals surface area (Å²) in [6.45, 7) is 0. The second kappa shape index (κ2) is 7.13. The molecule has 0 atom stereocenters. The molecule has 0 aromatic heterocycles. The van der Waals surface area contributed by atoms with Crippen LogP contribution in [0.2, 0.25) is 0 Å². The van der Waals surface area contributed by atoms with Crippen molar-refractivity contribution in [3.05, 3.63) is 65.2 Å². The lowest BCUT2D eigenvalue weighted by molar-refractivity contribution is -0.130. The van der Waals surface area contributed by atoms with Crippen LogP contribution in [0.3, 0.4) is 0 Å². The van der Waals surface area contributed by atoms with Crippen LogP contribution in [0.25, 0.3) is 11.8 Å². The minimum Gasteiger partial charge on any atom is -0.493 e. The largest absolute Gasteiger partial charge is 0.493 e. The van der Waals surface area contributed by atoms with Gasteiger partial charge >= 0.3 is 5.97 Å². The fourth-order valence-electron chi connectivity index (χ4n) is 2.60. The first kappa shape index (κ1) is 16.6. The molecule has 0 bridgehead atoms. The Morgan fingerprint density at radius 2 is 1.56 bits per heavy atom. The molecule has 5 nitrogen and oxygen atoms in total. The zero-order chi connectivity index (χ0) is 17.8. The molecule has 3 rings (SSSR count). The molecule has 0 radical (unpaired) electrons. The maximum atomic E-state index is 12.2. The lowest BCUT2D eigenvalue weighted by atomic mass is 10.1. The number of carbonyl (C=O) groups is 1. The van der Waals surface area contributed by atoms with Gasteiger partial charge in [0, 0.05) is 5.56 Å². The molecule has 2 aromatic rings. The van der Waals surface area contributed by atoms with Crippen LogP contribution in [0.15, 0.2) is 54.1 Å². The van der Waals surface area contributed by atoms with Crippen LogP contribution in [0.1, 0.15) is 11.1 Å². The van der Waals surface area contributed by atoms with Gasteiger partial charge in [-0.1, -0.05) is 30.3 Å². The van der Waals surface area contributed by atoms with Crippen LogP contribution in [-0.2, 0) is 9.53 Å². The van der Waals surface area contributed by atoms with Gasteiger partial charge < -0.3 is 18.9 Å². The third-order valence-corrected chi connectivity index (χ3v) is 3.79. The van der Waals surface area contributed by atoms with Crippen molar-refractivity contribution in [1.82, 2.24) is 0 Å². The number of esters is 1. The molecule has 1 heterocycles. The number of hydrogen-bond acceptors (Lipinski definition) is 5. The van der Waals surface area contributed by atoms with Gasteiger partial charge in [0.05, 0.1) is 26.9 Å². The molecule has 1 aliphatic heterocycles. The van der Waals surface area contributed by atoms with Gasteiger partial charge in [0.2, 0.25) is 5.75 Å². The summed E-state index contributed by atoms with van der Waals surface area (Å²) in [7, 11) is 4.64. The number of hydrogen-bond donors (Lipinski definition) is 0. The Hall–Kier alpha value is -3.21. The van der Waals surface area contributed by atoms with Crippen molar-refractivity contribution < 1.29 is 23.7 Å². The first-order valence-corrected chi connectivity index (χ1v) is 7.67. The standard InChI is InChI=1S/C20H18O5/c1-22-17-10-13(11-18(23-2)19(17)24-3)9-15-12-16(25-20(15)21)14-7-5-4-6-8-14/h4-12H,1-3H3/b15-9+. The van der Waals surface area contributed by atoms with Crippen LogP contribution >= 0.6 is 0 Å².